The first kappa shape index (κ1) is 14.7. The molecular formula is C12H18N4O3. The Bertz CT molecular complexity index is 488. The lowest BCUT2D eigenvalue weighted by Crippen LogP contribution is -2.39. The number of carbonyl (C=O) groups excluding carboxylic acids is 1. The van der Waals surface area contributed by atoms with Gasteiger partial charge in [0.05, 0.1) is 11.5 Å². The summed E-state index contributed by atoms with van der Waals surface area (Å²) in [6.07, 6.45) is 0. The summed E-state index contributed by atoms with van der Waals surface area (Å²) < 4.78 is 0. The van der Waals surface area contributed by atoms with Crippen molar-refractivity contribution in [2.45, 2.75) is 19.9 Å². The lowest BCUT2D eigenvalue weighted by molar-refractivity contribution is -0.383. The molecule has 0 bridgehead atoms. The van der Waals surface area contributed by atoms with Crippen molar-refractivity contribution in [2.75, 3.05) is 23.8 Å². The molecule has 0 saturated carbocycles. The number of nitrogens with zero attached hydrogens (tertiary/aromatic N) is 2. The Labute approximate surface area is 111 Å². The zero-order chi connectivity index (χ0) is 14.6. The van der Waals surface area contributed by atoms with Crippen LogP contribution in [0.1, 0.15) is 13.8 Å². The molecule has 0 fully saturated rings. The summed E-state index contributed by atoms with van der Waals surface area (Å²) in [4.78, 5) is 23.5. The van der Waals surface area contributed by atoms with Crippen molar-refractivity contribution in [3.63, 3.8) is 0 Å². The minimum Gasteiger partial charge on any atom is -0.382 e. The number of nitrogens with two attached hydrogens (primary N) is 1. The van der Waals surface area contributed by atoms with Crippen LogP contribution in [0.15, 0.2) is 18.2 Å². The maximum absolute atomic E-state index is 11.2. The number of anilines is 2. The molecule has 0 heterocycles. The van der Waals surface area contributed by atoms with Gasteiger partial charge in [-0.25, -0.2) is 0 Å². The predicted molar refractivity (Wildman–Crippen MR) is 74.3 cm³/mol. The second kappa shape index (κ2) is 6.03. The van der Waals surface area contributed by atoms with Crippen LogP contribution in [-0.4, -0.2) is 30.5 Å². The van der Waals surface area contributed by atoms with Crippen LogP contribution in [0.25, 0.3) is 0 Å². The van der Waals surface area contributed by atoms with Gasteiger partial charge in [-0.15, -0.1) is 0 Å². The molecule has 0 spiro atoms. The average molecular weight is 266 g/mol. The molecule has 0 saturated heterocycles. The zero-order valence-corrected chi connectivity index (χ0v) is 11.2. The molecule has 1 aromatic carbocycles. The van der Waals surface area contributed by atoms with Gasteiger partial charge in [0, 0.05) is 13.1 Å². The third kappa shape index (κ3) is 3.34. The van der Waals surface area contributed by atoms with Crippen molar-refractivity contribution in [1.82, 2.24) is 0 Å². The Morgan fingerprint density at radius 2 is 2.16 bits per heavy atom. The number of hydrogen-bond donors (Lipinski definition) is 2. The minimum absolute atomic E-state index is 0.0556. The maximum atomic E-state index is 11.2. The molecule has 0 aromatic heterocycles. The van der Waals surface area contributed by atoms with Gasteiger partial charge >= 0.3 is 5.69 Å². The van der Waals surface area contributed by atoms with Crippen LogP contribution in [0.3, 0.4) is 0 Å². The van der Waals surface area contributed by atoms with E-state index in [1.54, 1.807) is 30.1 Å². The molecule has 7 heteroatoms. The highest BCUT2D eigenvalue weighted by Gasteiger charge is 2.25. The van der Waals surface area contributed by atoms with E-state index in [1.807, 2.05) is 13.8 Å². The predicted octanol–water partition coefficient (Wildman–Crippen LogP) is 1.34. The SMILES string of the molecule is CNc1cccc(N(CC(N)=O)C(C)C)c1[N+](=O)[O-]. The molecule has 0 aliphatic carbocycles. The van der Waals surface area contributed by atoms with Gasteiger partial charge < -0.3 is 16.0 Å². The van der Waals surface area contributed by atoms with E-state index < -0.39 is 10.8 Å². The van der Waals surface area contributed by atoms with Crippen molar-refractivity contribution in [1.29, 1.82) is 0 Å². The molecule has 0 unspecified atom stereocenters. The molecule has 0 aliphatic heterocycles. The first-order valence-electron chi connectivity index (χ1n) is 5.88. The van der Waals surface area contributed by atoms with Crippen molar-refractivity contribution in [3.05, 3.63) is 28.3 Å². The Morgan fingerprint density at radius 3 is 2.58 bits per heavy atom. The van der Waals surface area contributed by atoms with Crippen molar-refractivity contribution >= 4 is 23.0 Å². The number of nitro benzene ring substituents is 1. The summed E-state index contributed by atoms with van der Waals surface area (Å²) in [7, 11) is 1.61. The van der Waals surface area contributed by atoms with E-state index in [4.69, 9.17) is 5.73 Å². The van der Waals surface area contributed by atoms with Gasteiger partial charge in [0.1, 0.15) is 11.4 Å². The van der Waals surface area contributed by atoms with Gasteiger partial charge in [-0.3, -0.25) is 14.9 Å². The number of para-hydroxylation sites is 1. The van der Waals surface area contributed by atoms with Gasteiger partial charge in [0.2, 0.25) is 5.91 Å². The summed E-state index contributed by atoms with van der Waals surface area (Å²) >= 11 is 0. The van der Waals surface area contributed by atoms with Crippen molar-refractivity contribution < 1.29 is 9.72 Å². The van der Waals surface area contributed by atoms with Crippen LogP contribution in [-0.2, 0) is 4.79 Å². The highest BCUT2D eigenvalue weighted by Crippen LogP contribution is 2.35. The molecule has 1 rings (SSSR count). The van der Waals surface area contributed by atoms with Gasteiger partial charge in [-0.1, -0.05) is 6.07 Å². The Morgan fingerprint density at radius 1 is 1.53 bits per heavy atom. The van der Waals surface area contributed by atoms with Crippen molar-refractivity contribution in [3.8, 4) is 0 Å². The van der Waals surface area contributed by atoms with Gasteiger partial charge in [-0.05, 0) is 26.0 Å². The number of carbonyl (C=O) groups is 1. The van der Waals surface area contributed by atoms with Crippen LogP contribution in [0.5, 0.6) is 0 Å². The lowest BCUT2D eigenvalue weighted by Gasteiger charge is -2.27. The standard InChI is InChI=1S/C12H18N4O3/c1-8(2)15(7-11(13)17)10-6-4-5-9(14-3)12(10)16(18)19/h4-6,8,14H,7H2,1-3H3,(H2,13,17). The van der Waals surface area contributed by atoms with Crippen LogP contribution in [0.4, 0.5) is 17.1 Å². The fraction of sp³-hybridized carbons (Fsp3) is 0.417. The average Bonchev–Trinajstić information content (AvgIpc) is 2.34. The molecule has 1 amide bonds. The van der Waals surface area contributed by atoms with E-state index in [1.165, 1.54) is 0 Å². The summed E-state index contributed by atoms with van der Waals surface area (Å²) in [5.74, 6) is -0.530. The van der Waals surface area contributed by atoms with E-state index in [9.17, 15) is 14.9 Å². The third-order valence-corrected chi connectivity index (χ3v) is 2.73. The fourth-order valence-electron chi connectivity index (χ4n) is 1.87. The maximum Gasteiger partial charge on any atom is 0.315 e. The van der Waals surface area contributed by atoms with Gasteiger partial charge in [-0.2, -0.15) is 0 Å². The third-order valence-electron chi connectivity index (χ3n) is 2.73. The summed E-state index contributed by atoms with van der Waals surface area (Å²) in [6, 6.07) is 4.84. The lowest BCUT2D eigenvalue weighted by atomic mass is 10.1. The largest absolute Gasteiger partial charge is 0.382 e. The monoisotopic (exact) mass is 266 g/mol. The summed E-state index contributed by atoms with van der Waals surface area (Å²) in [5, 5.41) is 14.0. The second-order valence-electron chi connectivity index (χ2n) is 4.37. The first-order valence-corrected chi connectivity index (χ1v) is 5.88. The van der Waals surface area contributed by atoms with Gasteiger partial charge in [0.25, 0.3) is 0 Å². The first-order chi connectivity index (χ1) is 8.88. The van der Waals surface area contributed by atoms with E-state index >= 15 is 0 Å². The van der Waals surface area contributed by atoms with E-state index in [2.05, 4.69) is 5.32 Å². The molecule has 3 N–H and O–H groups in total. The highest BCUT2D eigenvalue weighted by atomic mass is 16.6. The minimum atomic E-state index is -0.530. The number of benzene rings is 1. The molecule has 19 heavy (non-hydrogen) atoms. The van der Waals surface area contributed by atoms with Crippen molar-refractivity contribution in [2.24, 2.45) is 5.73 Å². The molecule has 0 atom stereocenters. The Kier molecular flexibility index (Phi) is 4.68. The molecule has 0 aliphatic rings. The normalized spacial score (nSPS) is 10.3. The quantitative estimate of drug-likeness (QED) is 0.597. The molecule has 7 nitrogen and oxygen atoms in total. The van der Waals surface area contributed by atoms with E-state index in [0.29, 0.717) is 11.4 Å². The summed E-state index contributed by atoms with van der Waals surface area (Å²) in [5.41, 5.74) is 5.92. The number of primary amides is 1. The second-order valence-corrected chi connectivity index (χ2v) is 4.37. The number of rotatable bonds is 6. The summed E-state index contributed by atoms with van der Waals surface area (Å²) in [6.45, 7) is 3.63. The number of nitrogens with one attached hydrogen (secondary N) is 1. The highest BCUT2D eigenvalue weighted by molar-refractivity contribution is 5.84. The Balaban J connectivity index is 3.37. The van der Waals surface area contributed by atoms with E-state index in [-0.39, 0.29) is 18.3 Å². The van der Waals surface area contributed by atoms with E-state index in [0.717, 1.165) is 0 Å². The number of hydrogen-bond acceptors (Lipinski definition) is 5. The topological polar surface area (TPSA) is 102 Å². The molecule has 0 radical (unpaired) electrons. The number of nitro groups is 1. The number of amides is 1. The molecular weight excluding hydrogens is 248 g/mol. The smallest absolute Gasteiger partial charge is 0.315 e. The van der Waals surface area contributed by atoms with Crippen LogP contribution in [0.2, 0.25) is 0 Å². The fourth-order valence-corrected chi connectivity index (χ4v) is 1.87. The van der Waals surface area contributed by atoms with Crippen LogP contribution in [0, 0.1) is 10.1 Å². The zero-order valence-electron chi connectivity index (χ0n) is 11.2. The molecule has 104 valence electrons. The van der Waals surface area contributed by atoms with Crippen LogP contribution >= 0.6 is 0 Å². The molecule has 1 aromatic rings. The van der Waals surface area contributed by atoms with Crippen LogP contribution < -0.4 is 16.0 Å². The van der Waals surface area contributed by atoms with Gasteiger partial charge in [0.15, 0.2) is 0 Å². The Hall–Kier alpha value is -2.31.